The van der Waals surface area contributed by atoms with Crippen LogP contribution in [0.25, 0.3) is 11.1 Å². The van der Waals surface area contributed by atoms with Gasteiger partial charge < -0.3 is 31.0 Å². The lowest BCUT2D eigenvalue weighted by Crippen LogP contribution is -2.42. The van der Waals surface area contributed by atoms with Crippen LogP contribution in [0.3, 0.4) is 0 Å². The summed E-state index contributed by atoms with van der Waals surface area (Å²) in [5.41, 5.74) is 12.6. The van der Waals surface area contributed by atoms with Crippen molar-refractivity contribution >= 4 is 29.5 Å². The minimum Gasteiger partial charge on any atom is -0.445 e. The van der Waals surface area contributed by atoms with Gasteiger partial charge in [-0.1, -0.05) is 30.3 Å². The molecule has 0 saturated carbocycles. The number of carbonyl (C=O) groups is 2. The summed E-state index contributed by atoms with van der Waals surface area (Å²) in [6, 6.07) is 11.0. The summed E-state index contributed by atoms with van der Waals surface area (Å²) < 4.78 is 6.77. The molecule has 0 bridgehead atoms. The number of primary amides is 2. The van der Waals surface area contributed by atoms with Crippen molar-refractivity contribution in [3.8, 4) is 11.1 Å². The molecule has 0 radical (unpaired) electrons. The van der Waals surface area contributed by atoms with E-state index in [4.69, 9.17) is 16.2 Å². The van der Waals surface area contributed by atoms with Gasteiger partial charge in [0.15, 0.2) is 0 Å². The summed E-state index contributed by atoms with van der Waals surface area (Å²) in [4.78, 5) is 47.2. The summed E-state index contributed by atoms with van der Waals surface area (Å²) in [6.45, 7) is 4.84. The summed E-state index contributed by atoms with van der Waals surface area (Å²) in [7, 11) is 0. The van der Waals surface area contributed by atoms with Gasteiger partial charge in [-0.25, -0.2) is 9.78 Å². The van der Waals surface area contributed by atoms with Crippen molar-refractivity contribution in [1.82, 2.24) is 14.5 Å². The molecule has 188 valence electrons. The van der Waals surface area contributed by atoms with Crippen molar-refractivity contribution in [2.24, 2.45) is 11.5 Å². The number of pyridine rings is 1. The third kappa shape index (κ3) is 5.45. The highest BCUT2D eigenvalue weighted by Crippen LogP contribution is 2.26. The number of aromatic nitrogens is 3. The van der Waals surface area contributed by atoms with E-state index in [1.165, 1.54) is 6.20 Å². The van der Waals surface area contributed by atoms with Crippen LogP contribution in [0.2, 0.25) is 0 Å². The summed E-state index contributed by atoms with van der Waals surface area (Å²) in [5.74, 6) is -0.141. The van der Waals surface area contributed by atoms with Gasteiger partial charge in [0.2, 0.25) is 5.95 Å². The highest BCUT2D eigenvalue weighted by atomic mass is 16.6. The van der Waals surface area contributed by atoms with Gasteiger partial charge in [-0.3, -0.25) is 9.59 Å². The van der Waals surface area contributed by atoms with Gasteiger partial charge in [-0.15, -0.1) is 0 Å². The largest absolute Gasteiger partial charge is 0.445 e. The average Bonchev–Trinajstić information content (AvgIpc) is 2.85. The maximum atomic E-state index is 13.1. The Hall–Kier alpha value is -4.41. The zero-order valence-electron chi connectivity index (χ0n) is 20.2. The van der Waals surface area contributed by atoms with E-state index in [0.29, 0.717) is 36.7 Å². The number of nitrogens with two attached hydrogens (primary N) is 2. The number of amides is 2. The van der Waals surface area contributed by atoms with Gasteiger partial charge in [0.1, 0.15) is 17.5 Å². The lowest BCUT2D eigenvalue weighted by Gasteiger charge is -2.32. The molecule has 11 heteroatoms. The van der Waals surface area contributed by atoms with Gasteiger partial charge in [0.05, 0.1) is 12.2 Å². The van der Waals surface area contributed by atoms with Crippen LogP contribution in [0.5, 0.6) is 0 Å². The minimum atomic E-state index is -0.830. The van der Waals surface area contributed by atoms with Gasteiger partial charge >= 0.3 is 6.09 Å². The van der Waals surface area contributed by atoms with Crippen molar-refractivity contribution in [3.05, 3.63) is 64.7 Å². The molecular formula is C25H29N7O4. The Kier molecular flexibility index (Phi) is 7.18. The number of hydrogen-bond acceptors (Lipinski definition) is 8. The molecule has 1 unspecified atom stereocenters. The van der Waals surface area contributed by atoms with Crippen LogP contribution in [0, 0.1) is 0 Å². The molecule has 1 saturated heterocycles. The van der Waals surface area contributed by atoms with E-state index in [2.05, 4.69) is 15.3 Å². The molecule has 11 nitrogen and oxygen atoms in total. The van der Waals surface area contributed by atoms with Crippen molar-refractivity contribution in [3.63, 3.8) is 0 Å². The summed E-state index contributed by atoms with van der Waals surface area (Å²) >= 11 is 0. The lowest BCUT2D eigenvalue weighted by atomic mass is 10.1. The van der Waals surface area contributed by atoms with Crippen LogP contribution >= 0.6 is 0 Å². The van der Waals surface area contributed by atoms with E-state index in [9.17, 15) is 14.4 Å². The molecule has 36 heavy (non-hydrogen) atoms. The number of carbonyl (C=O) groups excluding carboxylic acids is 2. The smallest absolute Gasteiger partial charge is 0.404 e. The van der Waals surface area contributed by atoms with E-state index in [0.717, 1.165) is 12.0 Å². The fraction of sp³-hybridized carbons (Fsp3) is 0.320. The van der Waals surface area contributed by atoms with Crippen LogP contribution in [0.1, 0.15) is 43.1 Å². The first kappa shape index (κ1) is 24.7. The topological polar surface area (TPSA) is 158 Å². The number of benzene rings is 1. The first-order valence-electron chi connectivity index (χ1n) is 11.7. The second-order valence-electron chi connectivity index (χ2n) is 8.88. The lowest BCUT2D eigenvalue weighted by molar-refractivity contribution is 0.0959. The Morgan fingerprint density at radius 1 is 1.19 bits per heavy atom. The van der Waals surface area contributed by atoms with Gasteiger partial charge in [0, 0.05) is 30.5 Å². The quantitative estimate of drug-likeness (QED) is 0.455. The van der Waals surface area contributed by atoms with Crippen molar-refractivity contribution in [1.29, 1.82) is 0 Å². The Bertz CT molecular complexity index is 1320. The van der Waals surface area contributed by atoms with E-state index in [-0.39, 0.29) is 29.1 Å². The Balaban J connectivity index is 1.72. The van der Waals surface area contributed by atoms with Crippen molar-refractivity contribution in [2.45, 2.75) is 38.8 Å². The van der Waals surface area contributed by atoms with Crippen LogP contribution in [-0.2, 0) is 4.74 Å². The zero-order chi connectivity index (χ0) is 25.8. The van der Waals surface area contributed by atoms with Crippen LogP contribution in [0.15, 0.2) is 53.6 Å². The maximum absolute atomic E-state index is 13.1. The fourth-order valence-electron chi connectivity index (χ4n) is 4.20. The average molecular weight is 492 g/mol. The standard InChI is InChI=1S/C25H29N7O4/c1-15(2)32-13-17(11-19(23(32)34)16-7-4-3-5-8-16)29-22-20(21(26)33)12-28-25(30-22)31-10-6-9-18(14-31)36-24(27)35/h3-5,7-8,11-13,15,18H,6,9-10,14H2,1-2H3,(H2,26,33)(H2,27,35)(H,28,29,30). The summed E-state index contributed by atoms with van der Waals surface area (Å²) in [5, 5.41) is 3.17. The van der Waals surface area contributed by atoms with Crippen LogP contribution in [0.4, 0.5) is 22.2 Å². The molecule has 1 aliphatic rings. The maximum Gasteiger partial charge on any atom is 0.404 e. The number of nitrogens with zero attached hydrogens (tertiary/aromatic N) is 4. The number of anilines is 3. The SMILES string of the molecule is CC(C)n1cc(Nc2nc(N3CCCC(OC(N)=O)C3)ncc2C(N)=O)cc(-c2ccccc2)c1=O. The molecule has 0 spiro atoms. The highest BCUT2D eigenvalue weighted by molar-refractivity contribution is 5.98. The number of ether oxygens (including phenoxy) is 1. The van der Waals surface area contributed by atoms with Crippen molar-refractivity contribution in [2.75, 3.05) is 23.3 Å². The minimum absolute atomic E-state index is 0.101. The van der Waals surface area contributed by atoms with Crippen molar-refractivity contribution < 1.29 is 14.3 Å². The molecule has 0 aliphatic carbocycles. The predicted molar refractivity (Wildman–Crippen MR) is 136 cm³/mol. The molecule has 1 aromatic carbocycles. The molecular weight excluding hydrogens is 462 g/mol. The van der Waals surface area contributed by atoms with Gasteiger partial charge in [-0.2, -0.15) is 4.98 Å². The second kappa shape index (κ2) is 10.5. The molecule has 1 atom stereocenters. The van der Waals surface area contributed by atoms with E-state index in [1.54, 1.807) is 16.8 Å². The van der Waals surface area contributed by atoms with Crippen LogP contribution < -0.4 is 27.2 Å². The first-order valence-corrected chi connectivity index (χ1v) is 11.7. The molecule has 1 aliphatic heterocycles. The molecule has 2 aromatic heterocycles. The number of rotatable bonds is 7. The zero-order valence-corrected chi connectivity index (χ0v) is 20.2. The Morgan fingerprint density at radius 2 is 1.94 bits per heavy atom. The highest BCUT2D eigenvalue weighted by Gasteiger charge is 2.25. The van der Waals surface area contributed by atoms with E-state index in [1.807, 2.05) is 49.1 Å². The normalized spacial score (nSPS) is 15.5. The van der Waals surface area contributed by atoms with E-state index >= 15 is 0 Å². The Labute approximate surface area is 208 Å². The second-order valence-corrected chi connectivity index (χ2v) is 8.88. The van der Waals surface area contributed by atoms with Crippen LogP contribution in [-0.4, -0.2) is 45.7 Å². The monoisotopic (exact) mass is 491 g/mol. The number of nitrogens with one attached hydrogen (secondary N) is 1. The molecule has 5 N–H and O–H groups in total. The first-order chi connectivity index (χ1) is 17.2. The molecule has 3 heterocycles. The fourth-order valence-corrected chi connectivity index (χ4v) is 4.20. The molecule has 4 rings (SSSR count). The summed E-state index contributed by atoms with van der Waals surface area (Å²) in [6.07, 6.45) is 3.27. The predicted octanol–water partition coefficient (Wildman–Crippen LogP) is 2.79. The van der Waals surface area contributed by atoms with Gasteiger partial charge in [-0.05, 0) is 38.3 Å². The van der Waals surface area contributed by atoms with Gasteiger partial charge in [0.25, 0.3) is 11.5 Å². The van der Waals surface area contributed by atoms with E-state index < -0.39 is 12.0 Å². The third-order valence-corrected chi connectivity index (χ3v) is 5.93. The Morgan fingerprint density at radius 3 is 2.61 bits per heavy atom. The third-order valence-electron chi connectivity index (χ3n) is 5.93. The molecule has 2 amide bonds. The molecule has 1 fully saturated rings. The number of hydrogen-bond donors (Lipinski definition) is 3. The molecule has 3 aromatic rings. The number of piperidine rings is 1.